The fourth-order valence-corrected chi connectivity index (χ4v) is 5.70. The number of amides is 1. The number of rotatable bonds is 6. The summed E-state index contributed by atoms with van der Waals surface area (Å²) < 4.78 is 0. The number of unbranched alkanes of at least 4 members (excludes halogenated alkanes) is 1. The molecule has 0 aromatic heterocycles. The van der Waals surface area contributed by atoms with E-state index in [1.165, 1.54) is 5.56 Å². The van der Waals surface area contributed by atoms with Crippen molar-refractivity contribution in [2.45, 2.75) is 40.0 Å². The van der Waals surface area contributed by atoms with Gasteiger partial charge in [-0.3, -0.25) is 9.59 Å². The summed E-state index contributed by atoms with van der Waals surface area (Å²) in [5.74, 6) is -0.453. The summed E-state index contributed by atoms with van der Waals surface area (Å²) in [6.45, 7) is 9.58. The second-order valence-corrected chi connectivity index (χ2v) is 9.65. The van der Waals surface area contributed by atoms with Crippen molar-refractivity contribution in [3.8, 4) is 22.3 Å². The highest BCUT2D eigenvalue weighted by molar-refractivity contribution is 6.27. The largest absolute Gasteiger partial charge is 0.368 e. The minimum Gasteiger partial charge on any atom is -0.368 e. The van der Waals surface area contributed by atoms with E-state index in [0.717, 1.165) is 78.1 Å². The van der Waals surface area contributed by atoms with Gasteiger partial charge in [-0.05, 0) is 54.5 Å². The van der Waals surface area contributed by atoms with Gasteiger partial charge in [0.25, 0.3) is 5.91 Å². The Hall–Kier alpha value is -3.44. The van der Waals surface area contributed by atoms with E-state index in [9.17, 15) is 9.59 Å². The Morgan fingerprint density at radius 1 is 0.943 bits per heavy atom. The van der Waals surface area contributed by atoms with E-state index in [1.54, 1.807) is 0 Å². The van der Waals surface area contributed by atoms with Gasteiger partial charge in [-0.2, -0.15) is 0 Å². The minimum absolute atomic E-state index is 0.00243. The van der Waals surface area contributed by atoms with E-state index >= 15 is 0 Å². The molecule has 3 aromatic rings. The molecule has 5 heteroatoms. The average Bonchev–Trinajstić information content (AvgIpc) is 3.17. The SMILES string of the molecule is CCCCc1c2c(c(-c3cccc(C)c3C)c(N3CCNCC3)c1C(N)=O)-c1ccccc1C2=O. The second kappa shape index (κ2) is 9.31. The maximum absolute atomic E-state index is 13.9. The fourth-order valence-electron chi connectivity index (χ4n) is 5.70. The molecule has 0 spiro atoms. The number of nitrogens with two attached hydrogens (primary N) is 1. The van der Waals surface area contributed by atoms with Gasteiger partial charge in [0.2, 0.25) is 0 Å². The van der Waals surface area contributed by atoms with Gasteiger partial charge in [0, 0.05) is 48.4 Å². The molecule has 0 saturated carbocycles. The summed E-state index contributed by atoms with van der Waals surface area (Å²) in [4.78, 5) is 29.4. The van der Waals surface area contributed by atoms with Crippen molar-refractivity contribution in [3.63, 3.8) is 0 Å². The molecular formula is C30H33N3O2. The van der Waals surface area contributed by atoms with Crippen molar-refractivity contribution in [2.24, 2.45) is 5.73 Å². The quantitative estimate of drug-likeness (QED) is 0.417. The molecular weight excluding hydrogens is 434 g/mol. The Morgan fingerprint density at radius 2 is 1.63 bits per heavy atom. The first-order valence-electron chi connectivity index (χ1n) is 12.6. The molecule has 180 valence electrons. The molecule has 2 aliphatic rings. The molecule has 1 aliphatic heterocycles. The van der Waals surface area contributed by atoms with Crippen LogP contribution in [0.25, 0.3) is 22.3 Å². The maximum atomic E-state index is 13.9. The number of nitrogens with zero attached hydrogens (tertiary/aromatic N) is 1. The molecule has 0 radical (unpaired) electrons. The second-order valence-electron chi connectivity index (χ2n) is 9.65. The average molecular weight is 468 g/mol. The minimum atomic E-state index is -0.456. The Labute approximate surface area is 207 Å². The number of hydrogen-bond acceptors (Lipinski definition) is 4. The van der Waals surface area contributed by atoms with Crippen LogP contribution < -0.4 is 16.0 Å². The van der Waals surface area contributed by atoms with Crippen molar-refractivity contribution in [1.82, 2.24) is 5.32 Å². The number of fused-ring (bicyclic) bond motifs is 3. The summed E-state index contributed by atoms with van der Waals surface area (Å²) in [7, 11) is 0. The number of benzene rings is 3. The molecule has 0 atom stereocenters. The third-order valence-corrected chi connectivity index (χ3v) is 7.58. The van der Waals surface area contributed by atoms with Crippen molar-refractivity contribution in [2.75, 3.05) is 31.1 Å². The van der Waals surface area contributed by atoms with Gasteiger partial charge >= 0.3 is 0 Å². The summed E-state index contributed by atoms with van der Waals surface area (Å²) in [5.41, 5.74) is 16.0. The van der Waals surface area contributed by atoms with Crippen LogP contribution in [0.2, 0.25) is 0 Å². The smallest absolute Gasteiger partial charge is 0.251 e. The van der Waals surface area contributed by atoms with E-state index < -0.39 is 5.91 Å². The molecule has 3 aromatic carbocycles. The third kappa shape index (κ3) is 3.75. The molecule has 1 fully saturated rings. The van der Waals surface area contributed by atoms with Crippen LogP contribution in [-0.4, -0.2) is 37.9 Å². The van der Waals surface area contributed by atoms with Gasteiger partial charge in [-0.25, -0.2) is 0 Å². The zero-order valence-corrected chi connectivity index (χ0v) is 20.8. The molecule has 1 amide bonds. The molecule has 3 N–H and O–H groups in total. The lowest BCUT2D eigenvalue weighted by atomic mass is 9.82. The molecule has 35 heavy (non-hydrogen) atoms. The molecule has 1 aliphatic carbocycles. The highest BCUT2D eigenvalue weighted by atomic mass is 16.1. The Balaban J connectivity index is 1.99. The number of carbonyl (C=O) groups is 2. The van der Waals surface area contributed by atoms with Crippen LogP contribution in [0.1, 0.15) is 62.7 Å². The number of carbonyl (C=O) groups excluding carboxylic acids is 2. The van der Waals surface area contributed by atoms with Gasteiger partial charge in [-0.15, -0.1) is 0 Å². The van der Waals surface area contributed by atoms with Crippen LogP contribution in [0.15, 0.2) is 42.5 Å². The molecule has 5 rings (SSSR count). The van der Waals surface area contributed by atoms with E-state index in [-0.39, 0.29) is 5.78 Å². The lowest BCUT2D eigenvalue weighted by Gasteiger charge is -2.35. The van der Waals surface area contributed by atoms with Crippen LogP contribution in [0.4, 0.5) is 5.69 Å². The third-order valence-electron chi connectivity index (χ3n) is 7.58. The molecule has 0 bridgehead atoms. The number of piperazine rings is 1. The number of primary amides is 1. The Kier molecular flexibility index (Phi) is 6.20. The summed E-state index contributed by atoms with van der Waals surface area (Å²) in [6, 6.07) is 14.1. The van der Waals surface area contributed by atoms with Crippen LogP contribution in [0, 0.1) is 13.8 Å². The van der Waals surface area contributed by atoms with Crippen LogP contribution in [0.3, 0.4) is 0 Å². The first-order valence-corrected chi connectivity index (χ1v) is 12.6. The number of anilines is 1. The van der Waals surface area contributed by atoms with Gasteiger partial charge in [0.15, 0.2) is 5.78 Å². The van der Waals surface area contributed by atoms with Crippen molar-refractivity contribution < 1.29 is 9.59 Å². The van der Waals surface area contributed by atoms with Crippen molar-refractivity contribution >= 4 is 17.4 Å². The van der Waals surface area contributed by atoms with Crippen LogP contribution >= 0.6 is 0 Å². The summed E-state index contributed by atoms with van der Waals surface area (Å²) in [6.07, 6.45) is 2.51. The van der Waals surface area contributed by atoms with Gasteiger partial charge in [0.05, 0.1) is 11.3 Å². The summed E-state index contributed by atoms with van der Waals surface area (Å²) >= 11 is 0. The molecule has 5 nitrogen and oxygen atoms in total. The van der Waals surface area contributed by atoms with Gasteiger partial charge in [0.1, 0.15) is 0 Å². The van der Waals surface area contributed by atoms with Gasteiger partial charge < -0.3 is 16.0 Å². The number of nitrogens with one attached hydrogen (secondary N) is 1. The standard InChI is InChI=1S/C30H33N3O2/c1-4-5-10-23-26-24(21-11-6-7-12-22(21)29(26)34)25(20-13-8-9-18(2)19(20)3)28(27(23)30(31)35)33-16-14-32-15-17-33/h6-9,11-13,32H,4-5,10,14-17H2,1-3H3,(H2,31,35). The molecule has 1 heterocycles. The van der Waals surface area contributed by atoms with E-state index in [1.807, 2.05) is 24.3 Å². The number of ketones is 1. The molecule has 0 unspecified atom stereocenters. The topological polar surface area (TPSA) is 75.4 Å². The van der Waals surface area contributed by atoms with Crippen LogP contribution in [0.5, 0.6) is 0 Å². The van der Waals surface area contributed by atoms with E-state index in [0.29, 0.717) is 23.1 Å². The predicted octanol–water partition coefficient (Wildman–Crippen LogP) is 5.03. The normalized spacial score (nSPS) is 14.7. The van der Waals surface area contributed by atoms with Crippen molar-refractivity contribution in [3.05, 3.63) is 75.8 Å². The highest BCUT2D eigenvalue weighted by Crippen LogP contribution is 2.52. The van der Waals surface area contributed by atoms with Gasteiger partial charge in [-0.1, -0.05) is 55.8 Å². The predicted molar refractivity (Wildman–Crippen MR) is 142 cm³/mol. The van der Waals surface area contributed by atoms with E-state index in [2.05, 4.69) is 49.2 Å². The summed E-state index contributed by atoms with van der Waals surface area (Å²) in [5, 5.41) is 3.42. The highest BCUT2D eigenvalue weighted by Gasteiger charge is 2.38. The van der Waals surface area contributed by atoms with Crippen molar-refractivity contribution in [1.29, 1.82) is 0 Å². The zero-order chi connectivity index (χ0) is 24.7. The molecule has 1 saturated heterocycles. The number of aryl methyl sites for hydroxylation is 1. The van der Waals surface area contributed by atoms with E-state index in [4.69, 9.17) is 5.73 Å². The van der Waals surface area contributed by atoms with Crippen LogP contribution in [-0.2, 0) is 6.42 Å². The lowest BCUT2D eigenvalue weighted by Crippen LogP contribution is -2.44. The first kappa shape index (κ1) is 23.3. The zero-order valence-electron chi connectivity index (χ0n) is 20.8. The first-order chi connectivity index (χ1) is 17.0. The number of hydrogen-bond donors (Lipinski definition) is 2. The monoisotopic (exact) mass is 467 g/mol. The Morgan fingerprint density at radius 3 is 2.31 bits per heavy atom. The fraction of sp³-hybridized carbons (Fsp3) is 0.333. The maximum Gasteiger partial charge on any atom is 0.251 e. The Bertz CT molecular complexity index is 1340. The lowest BCUT2D eigenvalue weighted by molar-refractivity contribution is 0.0999.